The molecule has 0 radical (unpaired) electrons. The predicted molar refractivity (Wildman–Crippen MR) is 152 cm³/mol. The standard InChI is InChI=1S/2C14H23.C4H8O.Ba/c2*1-9(2)12-7-8-13(10(3)4)14(12)11(5)6;1-2-4-5-3-1;/h2*9-11H,7H2,1-6H3;1-4H2;. The van der Waals surface area contributed by atoms with Crippen LogP contribution in [0.1, 0.15) is 109 Å². The van der Waals surface area contributed by atoms with E-state index in [0.717, 1.165) is 13.2 Å². The molecule has 0 bridgehead atoms. The fourth-order valence-corrected chi connectivity index (χ4v) is 15.5. The molecule has 0 aromatic rings. The van der Waals surface area contributed by atoms with Crippen molar-refractivity contribution in [2.24, 2.45) is 35.5 Å². The van der Waals surface area contributed by atoms with Crippen LogP contribution in [0.25, 0.3) is 0 Å². The average Bonchev–Trinajstić information content (AvgIpc) is 3.47. The van der Waals surface area contributed by atoms with E-state index >= 15 is 0 Å². The molecule has 1 aliphatic heterocycles. The van der Waals surface area contributed by atoms with Crippen LogP contribution in [0.5, 0.6) is 0 Å². The molecule has 0 atom stereocenters. The summed E-state index contributed by atoms with van der Waals surface area (Å²) >= 11 is -1.35. The van der Waals surface area contributed by atoms with Crippen LogP contribution in [-0.2, 0) is 4.74 Å². The van der Waals surface area contributed by atoms with Crippen LogP contribution in [0.3, 0.4) is 0 Å². The summed E-state index contributed by atoms with van der Waals surface area (Å²) < 4.78 is 8.85. The summed E-state index contributed by atoms with van der Waals surface area (Å²) in [4.78, 5) is 0. The molecule has 34 heavy (non-hydrogen) atoms. The average molecular weight is 592 g/mol. The first-order valence-electron chi connectivity index (χ1n) is 14.4. The second-order valence-electron chi connectivity index (χ2n) is 12.7. The number of hydrogen-bond donors (Lipinski definition) is 0. The normalized spacial score (nSPS) is 19.4. The monoisotopic (exact) mass is 592 g/mol. The summed E-state index contributed by atoms with van der Waals surface area (Å²) in [5.41, 5.74) is 10.6. The minimum absolute atomic E-state index is 0.661. The molecule has 0 unspecified atom stereocenters. The predicted octanol–water partition coefficient (Wildman–Crippen LogP) is 9.33. The van der Waals surface area contributed by atoms with E-state index in [1.54, 1.807) is 33.4 Å². The Bertz CT molecular complexity index is 751. The molecule has 1 nitrogen and oxygen atoms in total. The van der Waals surface area contributed by atoms with E-state index in [1.165, 1.54) is 25.7 Å². The van der Waals surface area contributed by atoms with Crippen LogP contribution in [0, 0.1) is 35.5 Å². The van der Waals surface area contributed by atoms with Crippen molar-refractivity contribution in [3.8, 4) is 0 Å². The maximum atomic E-state index is 4.94. The molecule has 0 aromatic heterocycles. The van der Waals surface area contributed by atoms with Gasteiger partial charge in [-0.25, -0.2) is 0 Å². The number of allylic oxidation sites excluding steroid dienone is 8. The molecular formula is C32H54BaO. The third-order valence-corrected chi connectivity index (χ3v) is 14.4. The van der Waals surface area contributed by atoms with E-state index in [9.17, 15) is 0 Å². The molecule has 3 aliphatic rings. The van der Waals surface area contributed by atoms with Gasteiger partial charge in [0.15, 0.2) is 0 Å². The Hall–Kier alpha value is 0.491. The summed E-state index contributed by atoms with van der Waals surface area (Å²) in [5, 5.41) is 0. The molecule has 2 heteroatoms. The number of rotatable bonds is 8. The van der Waals surface area contributed by atoms with Crippen LogP contribution in [0.2, 0.25) is 0 Å². The Kier molecular flexibility index (Phi) is 12.5. The van der Waals surface area contributed by atoms with Crippen molar-refractivity contribution < 1.29 is 4.74 Å². The van der Waals surface area contributed by atoms with Crippen molar-refractivity contribution >= 4 is 44.2 Å². The number of ether oxygens (including phenoxy) is 1. The molecule has 0 saturated carbocycles. The number of hydrogen-bond acceptors (Lipinski definition) is 1. The van der Waals surface area contributed by atoms with E-state index < -0.39 is 44.2 Å². The second-order valence-corrected chi connectivity index (χ2v) is 19.2. The van der Waals surface area contributed by atoms with Gasteiger partial charge in [0, 0.05) is 13.2 Å². The molecule has 190 valence electrons. The van der Waals surface area contributed by atoms with Gasteiger partial charge in [0.1, 0.15) is 0 Å². The molecule has 1 fully saturated rings. The quantitative estimate of drug-likeness (QED) is 0.256. The Morgan fingerprint density at radius 1 is 0.471 bits per heavy atom. The van der Waals surface area contributed by atoms with Crippen molar-refractivity contribution in [1.82, 2.24) is 0 Å². The van der Waals surface area contributed by atoms with Gasteiger partial charge in [-0.1, -0.05) is 0 Å². The van der Waals surface area contributed by atoms with Gasteiger partial charge in [-0.05, 0) is 12.8 Å². The van der Waals surface area contributed by atoms with Crippen LogP contribution in [0.4, 0.5) is 0 Å². The van der Waals surface area contributed by atoms with Crippen molar-refractivity contribution in [3.63, 3.8) is 0 Å². The van der Waals surface area contributed by atoms with E-state index in [1.807, 2.05) is 0.0821 Å². The van der Waals surface area contributed by atoms with Gasteiger partial charge in [0.05, 0.1) is 0 Å². The second kappa shape index (κ2) is 13.9. The summed E-state index contributed by atoms with van der Waals surface area (Å²) in [6, 6.07) is 0. The SMILES string of the molecule is C1CCOC1.CC(C)C1=C(C(C)C)C(C(C)C)=[C]([Ba][C]2=C(C(C)C)C(C(C)C)=C(C(C)C)C2)C1. The summed E-state index contributed by atoms with van der Waals surface area (Å²) in [5.74, 6) is 4.03. The summed E-state index contributed by atoms with van der Waals surface area (Å²) in [6.07, 6.45) is 5.17. The summed E-state index contributed by atoms with van der Waals surface area (Å²) in [7, 11) is 0. The van der Waals surface area contributed by atoms with Crippen molar-refractivity contribution in [2.45, 2.75) is 109 Å². The van der Waals surface area contributed by atoms with Crippen LogP contribution in [0.15, 0.2) is 33.5 Å². The van der Waals surface area contributed by atoms with Crippen LogP contribution in [-0.4, -0.2) is 57.4 Å². The Labute approximate surface area is 237 Å². The first-order chi connectivity index (χ1) is 15.9. The van der Waals surface area contributed by atoms with Crippen LogP contribution < -0.4 is 0 Å². The molecule has 0 N–H and O–H groups in total. The zero-order chi connectivity index (χ0) is 25.7. The van der Waals surface area contributed by atoms with Gasteiger partial charge in [-0.15, -0.1) is 0 Å². The fourth-order valence-electron chi connectivity index (χ4n) is 6.48. The van der Waals surface area contributed by atoms with Gasteiger partial charge in [0.2, 0.25) is 0 Å². The van der Waals surface area contributed by atoms with Gasteiger partial charge >= 0.3 is 209 Å². The molecule has 0 aromatic carbocycles. The van der Waals surface area contributed by atoms with Crippen LogP contribution >= 0.6 is 0 Å². The first-order valence-corrected chi connectivity index (χ1v) is 18.8. The van der Waals surface area contributed by atoms with Crippen molar-refractivity contribution in [3.05, 3.63) is 33.5 Å². The van der Waals surface area contributed by atoms with E-state index in [2.05, 4.69) is 83.1 Å². The molecule has 1 heterocycles. The van der Waals surface area contributed by atoms with Gasteiger partial charge in [-0.2, -0.15) is 0 Å². The Morgan fingerprint density at radius 2 is 0.794 bits per heavy atom. The summed E-state index contributed by atoms with van der Waals surface area (Å²) in [6.45, 7) is 31.1. The van der Waals surface area contributed by atoms with E-state index in [-0.39, 0.29) is 0 Å². The van der Waals surface area contributed by atoms with Gasteiger partial charge in [-0.3, -0.25) is 0 Å². The van der Waals surface area contributed by atoms with Crippen molar-refractivity contribution in [1.29, 1.82) is 0 Å². The minimum atomic E-state index is -1.35. The van der Waals surface area contributed by atoms with Gasteiger partial charge in [0.25, 0.3) is 0 Å². The van der Waals surface area contributed by atoms with Gasteiger partial charge < -0.3 is 4.74 Å². The zero-order valence-corrected chi connectivity index (χ0v) is 29.3. The maximum absolute atomic E-state index is 4.94. The van der Waals surface area contributed by atoms with E-state index in [0.29, 0.717) is 35.5 Å². The fraction of sp³-hybridized carbons (Fsp3) is 0.750. The molecular weight excluding hydrogens is 538 g/mol. The molecule has 2 aliphatic carbocycles. The Morgan fingerprint density at radius 3 is 1.00 bits per heavy atom. The van der Waals surface area contributed by atoms with E-state index in [4.69, 9.17) is 4.74 Å². The third-order valence-electron chi connectivity index (χ3n) is 7.80. The molecule has 1 saturated heterocycles. The Balaban J connectivity index is 0.000000720. The molecule has 3 rings (SSSR count). The van der Waals surface area contributed by atoms with Crippen molar-refractivity contribution in [2.75, 3.05) is 13.2 Å². The topological polar surface area (TPSA) is 9.23 Å². The third kappa shape index (κ3) is 7.51. The zero-order valence-electron chi connectivity index (χ0n) is 24.8. The molecule has 0 spiro atoms. The first kappa shape index (κ1) is 30.7. The molecule has 0 amide bonds.